The highest BCUT2D eigenvalue weighted by Crippen LogP contribution is 2.36. The standard InChI is InChI=1S/C21H18N2O3S/c22-13-15-8-9-18(17-6-2-1-5-16(15)17)26-19-14-23-11-10-20(19)27-12-4-3-7-21(24)25/h1-2,5-6,8-11,14H,3-4,7,12H2,(H,24,25)/p-1. The van der Waals surface area contributed by atoms with Crippen molar-refractivity contribution < 1.29 is 14.6 Å². The van der Waals surface area contributed by atoms with Gasteiger partial charge in [0.1, 0.15) is 5.75 Å². The summed E-state index contributed by atoms with van der Waals surface area (Å²) in [6.07, 6.45) is 4.82. The molecule has 0 spiro atoms. The molecule has 1 aromatic heterocycles. The first kappa shape index (κ1) is 18.7. The molecule has 5 nitrogen and oxygen atoms in total. The molecule has 0 radical (unpaired) electrons. The number of carboxylic acid groups (broad SMARTS) is 1. The summed E-state index contributed by atoms with van der Waals surface area (Å²) in [4.78, 5) is 15.6. The van der Waals surface area contributed by atoms with Crippen LogP contribution in [0.1, 0.15) is 24.8 Å². The minimum atomic E-state index is -1.01. The van der Waals surface area contributed by atoms with Gasteiger partial charge in [-0.1, -0.05) is 24.3 Å². The number of aromatic nitrogens is 1. The number of unbranched alkanes of at least 4 members (excludes halogenated alkanes) is 1. The average Bonchev–Trinajstić information content (AvgIpc) is 2.69. The van der Waals surface area contributed by atoms with Crippen LogP contribution >= 0.6 is 11.8 Å². The van der Waals surface area contributed by atoms with Gasteiger partial charge in [0.25, 0.3) is 0 Å². The molecular weight excluding hydrogens is 360 g/mol. The third kappa shape index (κ3) is 4.78. The van der Waals surface area contributed by atoms with Crippen LogP contribution in [0.2, 0.25) is 0 Å². The molecule has 0 bridgehead atoms. The molecule has 0 aliphatic carbocycles. The molecule has 0 aliphatic heterocycles. The lowest BCUT2D eigenvalue weighted by molar-refractivity contribution is -0.305. The maximum Gasteiger partial charge on any atom is 0.159 e. The number of benzene rings is 2. The molecule has 0 aliphatic rings. The maximum absolute atomic E-state index is 10.5. The van der Waals surface area contributed by atoms with Crippen LogP contribution in [0.15, 0.2) is 59.8 Å². The number of carbonyl (C=O) groups is 1. The summed E-state index contributed by atoms with van der Waals surface area (Å²) in [5, 5.41) is 21.5. The van der Waals surface area contributed by atoms with Crippen molar-refractivity contribution in [3.63, 3.8) is 0 Å². The van der Waals surface area contributed by atoms with Crippen LogP contribution in [0, 0.1) is 11.3 Å². The van der Waals surface area contributed by atoms with Crippen LogP contribution in [0.5, 0.6) is 11.5 Å². The van der Waals surface area contributed by atoms with E-state index in [0.717, 1.165) is 27.8 Å². The highest BCUT2D eigenvalue weighted by atomic mass is 32.2. The van der Waals surface area contributed by atoms with Crippen LogP contribution in [-0.2, 0) is 4.79 Å². The molecule has 27 heavy (non-hydrogen) atoms. The van der Waals surface area contributed by atoms with E-state index in [2.05, 4.69) is 11.1 Å². The lowest BCUT2D eigenvalue weighted by atomic mass is 10.0. The zero-order chi connectivity index (χ0) is 19.1. The van der Waals surface area contributed by atoms with E-state index in [1.54, 1.807) is 36.3 Å². The molecule has 0 N–H and O–H groups in total. The van der Waals surface area contributed by atoms with Crippen molar-refractivity contribution in [1.29, 1.82) is 5.26 Å². The number of thioether (sulfide) groups is 1. The molecule has 3 rings (SSSR count). The van der Waals surface area contributed by atoms with Gasteiger partial charge in [-0.15, -0.1) is 11.8 Å². The Morgan fingerprint density at radius 1 is 1.11 bits per heavy atom. The van der Waals surface area contributed by atoms with E-state index in [-0.39, 0.29) is 6.42 Å². The van der Waals surface area contributed by atoms with E-state index in [0.29, 0.717) is 23.5 Å². The highest BCUT2D eigenvalue weighted by Gasteiger charge is 2.10. The predicted molar refractivity (Wildman–Crippen MR) is 103 cm³/mol. The normalized spacial score (nSPS) is 10.5. The summed E-state index contributed by atoms with van der Waals surface area (Å²) in [6.45, 7) is 0. The van der Waals surface area contributed by atoms with E-state index in [9.17, 15) is 15.2 Å². The Hall–Kier alpha value is -3.04. The van der Waals surface area contributed by atoms with Crippen LogP contribution in [0.25, 0.3) is 10.8 Å². The summed E-state index contributed by atoms with van der Waals surface area (Å²) < 4.78 is 6.12. The topological polar surface area (TPSA) is 86.0 Å². The van der Waals surface area contributed by atoms with Gasteiger partial charge < -0.3 is 14.6 Å². The number of carboxylic acids is 1. The second kappa shape index (κ2) is 9.06. The molecule has 136 valence electrons. The third-order valence-electron chi connectivity index (χ3n) is 4.00. The monoisotopic (exact) mass is 377 g/mol. The zero-order valence-electron chi connectivity index (χ0n) is 14.6. The number of nitrogens with zero attached hydrogens (tertiary/aromatic N) is 2. The van der Waals surface area contributed by atoms with Crippen molar-refractivity contribution >= 4 is 28.5 Å². The Labute approximate surface area is 161 Å². The molecular formula is C21H17N2O3S-. The van der Waals surface area contributed by atoms with Gasteiger partial charge in [-0.2, -0.15) is 5.26 Å². The minimum Gasteiger partial charge on any atom is -0.550 e. The van der Waals surface area contributed by atoms with Gasteiger partial charge in [0.15, 0.2) is 5.75 Å². The smallest absolute Gasteiger partial charge is 0.159 e. The largest absolute Gasteiger partial charge is 0.550 e. The van der Waals surface area contributed by atoms with Crippen LogP contribution in [0.3, 0.4) is 0 Å². The summed E-state index contributed by atoms with van der Waals surface area (Å²) in [6, 6.07) is 15.3. The van der Waals surface area contributed by atoms with Crippen molar-refractivity contribution in [3.05, 3.63) is 60.4 Å². The fourth-order valence-corrected chi connectivity index (χ4v) is 3.66. The number of ether oxygens (including phenoxy) is 1. The highest BCUT2D eigenvalue weighted by molar-refractivity contribution is 7.99. The quantitative estimate of drug-likeness (QED) is 0.437. The average molecular weight is 377 g/mol. The number of fused-ring (bicyclic) bond motifs is 1. The molecule has 0 amide bonds. The first-order valence-electron chi connectivity index (χ1n) is 8.55. The molecule has 0 unspecified atom stereocenters. The van der Waals surface area contributed by atoms with Gasteiger partial charge in [0, 0.05) is 22.9 Å². The maximum atomic E-state index is 10.5. The Kier molecular flexibility index (Phi) is 6.29. The van der Waals surface area contributed by atoms with Crippen molar-refractivity contribution in [2.24, 2.45) is 0 Å². The second-order valence-electron chi connectivity index (χ2n) is 5.87. The SMILES string of the molecule is N#Cc1ccc(Oc2cnccc2SCCCCC(=O)[O-])c2ccccc12. The number of hydrogen-bond acceptors (Lipinski definition) is 6. The first-order chi connectivity index (χ1) is 13.2. The van der Waals surface area contributed by atoms with Crippen molar-refractivity contribution in [3.8, 4) is 17.6 Å². The van der Waals surface area contributed by atoms with Gasteiger partial charge >= 0.3 is 0 Å². The van der Waals surface area contributed by atoms with Crippen LogP contribution in [-0.4, -0.2) is 16.7 Å². The van der Waals surface area contributed by atoms with Crippen LogP contribution in [0.4, 0.5) is 0 Å². The summed E-state index contributed by atoms with van der Waals surface area (Å²) >= 11 is 1.60. The summed E-state index contributed by atoms with van der Waals surface area (Å²) in [7, 11) is 0. The number of carbonyl (C=O) groups excluding carboxylic acids is 1. The Bertz CT molecular complexity index is 998. The fourth-order valence-electron chi connectivity index (χ4n) is 2.69. The lowest BCUT2D eigenvalue weighted by Crippen LogP contribution is -2.21. The zero-order valence-corrected chi connectivity index (χ0v) is 15.4. The number of pyridine rings is 1. The van der Waals surface area contributed by atoms with Gasteiger partial charge in [-0.25, -0.2) is 0 Å². The number of rotatable bonds is 8. The molecule has 6 heteroatoms. The van der Waals surface area contributed by atoms with Gasteiger partial charge in [-0.3, -0.25) is 4.98 Å². The molecule has 0 fully saturated rings. The Balaban J connectivity index is 1.78. The van der Waals surface area contributed by atoms with Crippen molar-refractivity contribution in [1.82, 2.24) is 4.98 Å². The minimum absolute atomic E-state index is 0.0808. The van der Waals surface area contributed by atoms with Crippen molar-refractivity contribution in [2.45, 2.75) is 24.2 Å². The van der Waals surface area contributed by atoms with Crippen molar-refractivity contribution in [2.75, 3.05) is 5.75 Å². The van der Waals surface area contributed by atoms with Gasteiger partial charge in [-0.05, 0) is 43.2 Å². The van der Waals surface area contributed by atoms with E-state index in [1.807, 2.05) is 30.3 Å². The fraction of sp³-hybridized carbons (Fsp3) is 0.190. The van der Waals surface area contributed by atoms with Gasteiger partial charge in [0.05, 0.1) is 22.7 Å². The van der Waals surface area contributed by atoms with E-state index in [4.69, 9.17) is 4.74 Å². The molecule has 0 saturated heterocycles. The Morgan fingerprint density at radius 2 is 1.93 bits per heavy atom. The van der Waals surface area contributed by atoms with Gasteiger partial charge in [0.2, 0.25) is 0 Å². The molecule has 0 saturated carbocycles. The molecule has 3 aromatic rings. The van der Waals surface area contributed by atoms with Crippen LogP contribution < -0.4 is 9.84 Å². The second-order valence-corrected chi connectivity index (χ2v) is 7.01. The summed E-state index contributed by atoms with van der Waals surface area (Å²) in [5.74, 6) is 1.07. The number of hydrogen-bond donors (Lipinski definition) is 0. The lowest BCUT2D eigenvalue weighted by Gasteiger charge is -2.13. The third-order valence-corrected chi connectivity index (χ3v) is 5.14. The molecule has 1 heterocycles. The number of nitriles is 1. The van der Waals surface area contributed by atoms with E-state index < -0.39 is 5.97 Å². The summed E-state index contributed by atoms with van der Waals surface area (Å²) in [5.41, 5.74) is 0.603. The molecule has 0 atom stereocenters. The predicted octanol–water partition coefficient (Wildman–Crippen LogP) is 3.91. The Morgan fingerprint density at radius 3 is 2.70 bits per heavy atom. The van der Waals surface area contributed by atoms with E-state index >= 15 is 0 Å². The first-order valence-corrected chi connectivity index (χ1v) is 9.54. The van der Waals surface area contributed by atoms with E-state index in [1.165, 1.54) is 0 Å². The number of aliphatic carboxylic acids is 1. The molecule has 2 aromatic carbocycles.